The van der Waals surface area contributed by atoms with Crippen LogP contribution >= 0.6 is 15.9 Å². The number of carbonyl (C=O) groups excluding carboxylic acids is 2. The molecule has 0 radical (unpaired) electrons. The molecule has 0 unspecified atom stereocenters. The third kappa shape index (κ3) is 4.67. The highest BCUT2D eigenvalue weighted by Gasteiger charge is 2.21. The summed E-state index contributed by atoms with van der Waals surface area (Å²) in [5, 5.41) is 0. The van der Waals surface area contributed by atoms with Crippen LogP contribution in [0.2, 0.25) is 0 Å². The molecule has 0 amide bonds. The average Bonchev–Trinajstić information content (AvgIpc) is 2.56. The Hall–Kier alpha value is -2.19. The van der Waals surface area contributed by atoms with E-state index < -0.39 is 16.1 Å². The van der Waals surface area contributed by atoms with Crippen LogP contribution in [0.4, 0.5) is 0 Å². The summed E-state index contributed by atoms with van der Waals surface area (Å²) in [5.41, 5.74) is 0.216. The van der Waals surface area contributed by atoms with Gasteiger partial charge in [0.05, 0.1) is 17.7 Å². The Morgan fingerprint density at radius 1 is 1.12 bits per heavy atom. The van der Waals surface area contributed by atoms with Crippen molar-refractivity contribution in [2.45, 2.75) is 18.7 Å². The molecule has 0 aliphatic rings. The third-order valence-electron chi connectivity index (χ3n) is 3.15. The number of benzene rings is 2. The van der Waals surface area contributed by atoms with Crippen molar-refractivity contribution in [3.63, 3.8) is 0 Å². The maximum atomic E-state index is 12.5. The second-order valence-corrected chi connectivity index (χ2v) is 7.44. The zero-order valence-corrected chi connectivity index (χ0v) is 15.9. The minimum Gasteiger partial charge on any atom is -0.462 e. The van der Waals surface area contributed by atoms with Crippen LogP contribution in [0.5, 0.6) is 5.75 Å². The number of ether oxygens (including phenoxy) is 1. The highest BCUT2D eigenvalue weighted by atomic mass is 79.9. The fourth-order valence-corrected chi connectivity index (χ4v) is 3.36. The van der Waals surface area contributed by atoms with E-state index in [2.05, 4.69) is 15.9 Å². The van der Waals surface area contributed by atoms with Crippen molar-refractivity contribution in [1.82, 2.24) is 0 Å². The predicted molar refractivity (Wildman–Crippen MR) is 94.4 cm³/mol. The molecular weight excluding hydrogens is 412 g/mol. The lowest BCUT2D eigenvalue weighted by Crippen LogP contribution is -2.13. The first kappa shape index (κ1) is 19.1. The summed E-state index contributed by atoms with van der Waals surface area (Å²) in [5.74, 6) is -1.06. The monoisotopic (exact) mass is 426 g/mol. The number of hydrogen-bond donors (Lipinski definition) is 0. The molecule has 0 N–H and O–H groups in total. The number of esters is 1. The average molecular weight is 427 g/mol. The number of halogens is 1. The number of Topliss-reactive ketones (excluding diaryl/α,β-unsaturated/α-hetero) is 1. The summed E-state index contributed by atoms with van der Waals surface area (Å²) >= 11 is 3.22. The van der Waals surface area contributed by atoms with Gasteiger partial charge in [-0.1, -0.05) is 22.0 Å². The summed E-state index contributed by atoms with van der Waals surface area (Å²) in [6.45, 7) is 3.13. The second-order valence-electron chi connectivity index (χ2n) is 4.98. The molecule has 2 aromatic rings. The van der Waals surface area contributed by atoms with Crippen molar-refractivity contribution >= 4 is 37.8 Å². The predicted octanol–water partition coefficient (Wildman–Crippen LogP) is 3.60. The van der Waals surface area contributed by atoms with Crippen molar-refractivity contribution in [3.05, 3.63) is 58.1 Å². The Labute approximate surface area is 154 Å². The molecule has 0 aliphatic heterocycles. The van der Waals surface area contributed by atoms with Gasteiger partial charge >= 0.3 is 16.1 Å². The fraction of sp³-hybridized carbons (Fsp3) is 0.176. The molecule has 0 spiro atoms. The summed E-state index contributed by atoms with van der Waals surface area (Å²) in [6.07, 6.45) is 0. The summed E-state index contributed by atoms with van der Waals surface area (Å²) < 4.78 is 35.6. The van der Waals surface area contributed by atoms with Crippen molar-refractivity contribution < 1.29 is 26.9 Å². The van der Waals surface area contributed by atoms with Gasteiger partial charge in [0.15, 0.2) is 11.5 Å². The molecule has 0 atom stereocenters. The van der Waals surface area contributed by atoms with Crippen molar-refractivity contribution in [2.75, 3.05) is 6.61 Å². The van der Waals surface area contributed by atoms with Crippen LogP contribution in [0.25, 0.3) is 0 Å². The van der Waals surface area contributed by atoms with E-state index in [1.807, 2.05) is 0 Å². The van der Waals surface area contributed by atoms with E-state index >= 15 is 0 Å². The minimum absolute atomic E-state index is 0.0859. The lowest BCUT2D eigenvalue weighted by Gasteiger charge is -2.11. The van der Waals surface area contributed by atoms with E-state index in [0.29, 0.717) is 4.47 Å². The van der Waals surface area contributed by atoms with Gasteiger partial charge in [0, 0.05) is 4.47 Å². The second kappa shape index (κ2) is 7.79. The van der Waals surface area contributed by atoms with E-state index in [0.717, 1.165) is 0 Å². The first-order chi connectivity index (χ1) is 11.7. The van der Waals surface area contributed by atoms with Crippen molar-refractivity contribution in [3.8, 4) is 5.75 Å². The molecule has 6 nitrogen and oxygen atoms in total. The fourth-order valence-electron chi connectivity index (χ4n) is 2.01. The lowest BCUT2D eigenvalue weighted by molar-refractivity contribution is 0.0526. The molecule has 0 heterocycles. The molecule has 0 saturated carbocycles. The maximum Gasteiger partial charge on any atom is 0.339 e. The summed E-state index contributed by atoms with van der Waals surface area (Å²) in [6, 6.07) is 9.74. The summed E-state index contributed by atoms with van der Waals surface area (Å²) in [7, 11) is -4.23. The molecule has 132 valence electrons. The quantitative estimate of drug-likeness (QED) is 0.398. The highest BCUT2D eigenvalue weighted by Crippen LogP contribution is 2.27. The number of hydrogen-bond acceptors (Lipinski definition) is 6. The minimum atomic E-state index is -4.23. The van der Waals surface area contributed by atoms with E-state index in [-0.39, 0.29) is 34.2 Å². The molecule has 0 aromatic heterocycles. The molecular formula is C17H15BrO6S. The largest absolute Gasteiger partial charge is 0.462 e. The van der Waals surface area contributed by atoms with Gasteiger partial charge in [-0.05, 0) is 50.2 Å². The van der Waals surface area contributed by atoms with Crippen LogP contribution in [0.3, 0.4) is 0 Å². The molecule has 0 aliphatic carbocycles. The van der Waals surface area contributed by atoms with Crippen LogP contribution in [-0.2, 0) is 14.9 Å². The van der Waals surface area contributed by atoms with Crippen LogP contribution in [0.1, 0.15) is 34.6 Å². The number of ketones is 1. The first-order valence-corrected chi connectivity index (χ1v) is 9.47. The Balaban J connectivity index is 2.39. The van der Waals surface area contributed by atoms with E-state index in [1.165, 1.54) is 43.3 Å². The third-order valence-corrected chi connectivity index (χ3v) is 4.88. The zero-order valence-electron chi connectivity index (χ0n) is 13.5. The Bertz CT molecular complexity index is 920. The van der Waals surface area contributed by atoms with E-state index in [4.69, 9.17) is 8.92 Å². The normalized spacial score (nSPS) is 11.0. The number of carbonyl (C=O) groups is 2. The van der Waals surface area contributed by atoms with Gasteiger partial charge in [-0.2, -0.15) is 8.42 Å². The van der Waals surface area contributed by atoms with Gasteiger partial charge < -0.3 is 8.92 Å². The van der Waals surface area contributed by atoms with Gasteiger partial charge in [-0.15, -0.1) is 0 Å². The molecule has 2 aromatic carbocycles. The SMILES string of the molecule is CCOC(=O)c1cccc(S(=O)(=O)Oc2ccc(Br)cc2C(C)=O)c1. The van der Waals surface area contributed by atoms with Crippen molar-refractivity contribution in [2.24, 2.45) is 0 Å². The van der Waals surface area contributed by atoms with Crippen LogP contribution < -0.4 is 4.18 Å². The Kier molecular flexibility index (Phi) is 5.97. The number of rotatable bonds is 6. The first-order valence-electron chi connectivity index (χ1n) is 7.26. The Morgan fingerprint density at radius 3 is 2.48 bits per heavy atom. The smallest absolute Gasteiger partial charge is 0.339 e. The van der Waals surface area contributed by atoms with Crippen LogP contribution in [0.15, 0.2) is 51.8 Å². The van der Waals surface area contributed by atoms with Gasteiger partial charge in [0.2, 0.25) is 0 Å². The maximum absolute atomic E-state index is 12.5. The van der Waals surface area contributed by atoms with Crippen molar-refractivity contribution in [1.29, 1.82) is 0 Å². The van der Waals surface area contributed by atoms with Gasteiger partial charge in [0.25, 0.3) is 0 Å². The van der Waals surface area contributed by atoms with Gasteiger partial charge in [-0.3, -0.25) is 4.79 Å². The topological polar surface area (TPSA) is 86.7 Å². The molecule has 0 bridgehead atoms. The van der Waals surface area contributed by atoms with Gasteiger partial charge in [-0.25, -0.2) is 4.79 Å². The standard InChI is InChI=1S/C17H15BrO6S/c1-3-23-17(20)12-5-4-6-14(9-12)25(21,22)24-16-8-7-13(18)10-15(16)11(2)19/h4-10H,3H2,1-2H3. The van der Waals surface area contributed by atoms with E-state index in [1.54, 1.807) is 13.0 Å². The molecule has 0 saturated heterocycles. The molecule has 8 heteroatoms. The molecule has 0 fully saturated rings. The molecule has 2 rings (SSSR count). The lowest BCUT2D eigenvalue weighted by atomic mass is 10.1. The van der Waals surface area contributed by atoms with Gasteiger partial charge in [0.1, 0.15) is 4.90 Å². The molecule has 25 heavy (non-hydrogen) atoms. The highest BCUT2D eigenvalue weighted by molar-refractivity contribution is 9.10. The Morgan fingerprint density at radius 2 is 1.84 bits per heavy atom. The zero-order chi connectivity index (χ0) is 18.6. The van der Waals surface area contributed by atoms with Crippen LogP contribution in [0, 0.1) is 0 Å². The summed E-state index contributed by atoms with van der Waals surface area (Å²) in [4.78, 5) is 23.2. The van der Waals surface area contributed by atoms with E-state index in [9.17, 15) is 18.0 Å². The van der Waals surface area contributed by atoms with Crippen LogP contribution in [-0.4, -0.2) is 26.8 Å².